The summed E-state index contributed by atoms with van der Waals surface area (Å²) in [6.07, 6.45) is 0.583. The number of benzene rings is 1. The first-order chi connectivity index (χ1) is 11.9. The van der Waals surface area contributed by atoms with Gasteiger partial charge in [-0.3, -0.25) is 9.79 Å². The van der Waals surface area contributed by atoms with E-state index in [0.717, 1.165) is 0 Å². The molecule has 1 fully saturated rings. The number of nitrogens with zero attached hydrogens (tertiary/aromatic N) is 1. The van der Waals surface area contributed by atoms with E-state index >= 15 is 0 Å². The molecule has 1 aromatic rings. The van der Waals surface area contributed by atoms with Gasteiger partial charge < -0.3 is 16.0 Å². The molecule has 0 aliphatic carbocycles. The smallest absolute Gasteiger partial charge is 0.251 e. The third kappa shape index (κ3) is 6.55. The Morgan fingerprint density at radius 2 is 2.00 bits per heavy atom. The highest BCUT2D eigenvalue weighted by atomic mass is 35.5. The van der Waals surface area contributed by atoms with E-state index in [0.29, 0.717) is 42.6 Å². The van der Waals surface area contributed by atoms with Crippen LogP contribution >= 0.6 is 11.6 Å². The van der Waals surface area contributed by atoms with E-state index in [1.807, 2.05) is 6.92 Å². The molecule has 3 N–H and O–H groups in total. The number of carbonyl (C=O) groups is 1. The number of hydrogen-bond acceptors (Lipinski definition) is 4. The van der Waals surface area contributed by atoms with Crippen LogP contribution in [0.3, 0.4) is 0 Å². The van der Waals surface area contributed by atoms with Crippen LogP contribution in [0.2, 0.25) is 5.02 Å². The predicted molar refractivity (Wildman–Crippen MR) is 100.0 cm³/mol. The van der Waals surface area contributed by atoms with Gasteiger partial charge in [-0.15, -0.1) is 0 Å². The van der Waals surface area contributed by atoms with Crippen molar-refractivity contribution in [2.75, 3.05) is 31.1 Å². The minimum absolute atomic E-state index is 0.119. The molecule has 1 unspecified atom stereocenters. The van der Waals surface area contributed by atoms with Crippen LogP contribution in [0.1, 0.15) is 23.7 Å². The molecule has 0 spiro atoms. The fourth-order valence-corrected chi connectivity index (χ4v) is 4.26. The quantitative estimate of drug-likeness (QED) is 0.381. The first-order valence-electron chi connectivity index (χ1n) is 8.18. The third-order valence-corrected chi connectivity index (χ3v) is 5.71. The van der Waals surface area contributed by atoms with Gasteiger partial charge in [0.05, 0.1) is 18.1 Å². The van der Waals surface area contributed by atoms with Crippen LogP contribution in [0.5, 0.6) is 0 Å². The maximum Gasteiger partial charge on any atom is 0.251 e. The number of sulfone groups is 1. The topological polar surface area (TPSA) is 99.7 Å². The maximum atomic E-state index is 12.0. The standard InChI is InChI=1S/C16H23ClN4O3S/c1-2-18-16(21-14-7-10-25(23,24)11-14)20-9-8-19-15(22)12-3-5-13(17)6-4-12/h3-6,14H,2,7-11H2,1H3,(H,19,22)(H2,18,20,21). The van der Waals surface area contributed by atoms with Crippen molar-refractivity contribution in [3.8, 4) is 0 Å². The van der Waals surface area contributed by atoms with Crippen molar-refractivity contribution >= 4 is 33.3 Å². The summed E-state index contributed by atoms with van der Waals surface area (Å²) >= 11 is 5.79. The van der Waals surface area contributed by atoms with Crippen LogP contribution < -0.4 is 16.0 Å². The van der Waals surface area contributed by atoms with Crippen molar-refractivity contribution in [1.29, 1.82) is 0 Å². The zero-order valence-electron chi connectivity index (χ0n) is 14.1. The van der Waals surface area contributed by atoms with E-state index in [1.165, 1.54) is 0 Å². The van der Waals surface area contributed by atoms with Crippen molar-refractivity contribution in [3.05, 3.63) is 34.9 Å². The number of halogens is 1. The summed E-state index contributed by atoms with van der Waals surface area (Å²) in [6, 6.07) is 6.53. The van der Waals surface area contributed by atoms with Gasteiger partial charge in [0.2, 0.25) is 0 Å². The highest BCUT2D eigenvalue weighted by Gasteiger charge is 2.28. The SMILES string of the molecule is CCNC(=NCCNC(=O)c1ccc(Cl)cc1)NC1CCS(=O)(=O)C1. The molecule has 9 heteroatoms. The molecule has 1 amide bonds. The van der Waals surface area contributed by atoms with Crippen molar-refractivity contribution in [2.45, 2.75) is 19.4 Å². The fourth-order valence-electron chi connectivity index (χ4n) is 2.46. The summed E-state index contributed by atoms with van der Waals surface area (Å²) < 4.78 is 23.0. The molecule has 1 heterocycles. The van der Waals surface area contributed by atoms with Gasteiger partial charge in [-0.05, 0) is 37.6 Å². The van der Waals surface area contributed by atoms with E-state index < -0.39 is 9.84 Å². The lowest BCUT2D eigenvalue weighted by Gasteiger charge is -2.15. The van der Waals surface area contributed by atoms with E-state index in [-0.39, 0.29) is 23.5 Å². The lowest BCUT2D eigenvalue weighted by atomic mass is 10.2. The highest BCUT2D eigenvalue weighted by Crippen LogP contribution is 2.11. The minimum atomic E-state index is -2.94. The van der Waals surface area contributed by atoms with Crippen molar-refractivity contribution in [1.82, 2.24) is 16.0 Å². The molecule has 0 radical (unpaired) electrons. The summed E-state index contributed by atoms with van der Waals surface area (Å²) in [5.41, 5.74) is 0.537. The summed E-state index contributed by atoms with van der Waals surface area (Å²) in [5.74, 6) is 0.711. The van der Waals surface area contributed by atoms with Gasteiger partial charge in [0.1, 0.15) is 0 Å². The summed E-state index contributed by atoms with van der Waals surface area (Å²) in [5, 5.41) is 9.57. The predicted octanol–water partition coefficient (Wildman–Crippen LogP) is 0.812. The lowest BCUT2D eigenvalue weighted by Crippen LogP contribution is -2.44. The van der Waals surface area contributed by atoms with Gasteiger partial charge in [-0.2, -0.15) is 0 Å². The maximum absolute atomic E-state index is 12.0. The highest BCUT2D eigenvalue weighted by molar-refractivity contribution is 7.91. The second-order valence-corrected chi connectivity index (χ2v) is 8.43. The molecule has 1 aliphatic heterocycles. The summed E-state index contributed by atoms with van der Waals surface area (Å²) in [7, 11) is -2.94. The van der Waals surface area contributed by atoms with Crippen LogP contribution in [0, 0.1) is 0 Å². The van der Waals surface area contributed by atoms with Crippen LogP contribution in [-0.4, -0.2) is 57.5 Å². The second-order valence-electron chi connectivity index (χ2n) is 5.77. The Balaban J connectivity index is 1.80. The molecule has 25 heavy (non-hydrogen) atoms. The molecule has 0 saturated carbocycles. The molecular weight excluding hydrogens is 364 g/mol. The summed E-state index contributed by atoms with van der Waals surface area (Å²) in [4.78, 5) is 16.3. The number of guanidine groups is 1. The van der Waals surface area contributed by atoms with E-state index in [1.54, 1.807) is 24.3 Å². The van der Waals surface area contributed by atoms with Crippen LogP contribution in [-0.2, 0) is 9.84 Å². The average Bonchev–Trinajstić information content (AvgIpc) is 2.90. The monoisotopic (exact) mass is 386 g/mol. The van der Waals surface area contributed by atoms with E-state index in [2.05, 4.69) is 20.9 Å². The lowest BCUT2D eigenvalue weighted by molar-refractivity contribution is 0.0955. The molecule has 138 valence electrons. The van der Waals surface area contributed by atoms with Crippen molar-refractivity contribution in [3.63, 3.8) is 0 Å². The number of amides is 1. The van der Waals surface area contributed by atoms with Gasteiger partial charge in [-0.25, -0.2) is 8.42 Å². The number of rotatable bonds is 6. The number of hydrogen-bond donors (Lipinski definition) is 3. The van der Waals surface area contributed by atoms with Crippen molar-refractivity contribution in [2.24, 2.45) is 4.99 Å². The molecule has 1 atom stereocenters. The van der Waals surface area contributed by atoms with Crippen molar-refractivity contribution < 1.29 is 13.2 Å². The molecule has 0 bridgehead atoms. The Hall–Kier alpha value is -1.80. The zero-order chi connectivity index (χ0) is 18.3. The van der Waals surface area contributed by atoms with Crippen LogP contribution in [0.25, 0.3) is 0 Å². The molecule has 7 nitrogen and oxygen atoms in total. The second kappa shape index (κ2) is 9.05. The van der Waals surface area contributed by atoms with Crippen LogP contribution in [0.4, 0.5) is 0 Å². The minimum Gasteiger partial charge on any atom is -0.357 e. The Labute approximate surface area is 153 Å². The first-order valence-corrected chi connectivity index (χ1v) is 10.4. The van der Waals surface area contributed by atoms with Gasteiger partial charge >= 0.3 is 0 Å². The average molecular weight is 387 g/mol. The number of nitrogens with one attached hydrogen (secondary N) is 3. The number of aliphatic imine (C=N–C) groups is 1. The van der Waals surface area contributed by atoms with Gasteiger partial charge in [0.25, 0.3) is 5.91 Å². The largest absolute Gasteiger partial charge is 0.357 e. The Morgan fingerprint density at radius 3 is 2.60 bits per heavy atom. The molecule has 2 rings (SSSR count). The van der Waals surface area contributed by atoms with E-state index in [9.17, 15) is 13.2 Å². The Morgan fingerprint density at radius 1 is 1.28 bits per heavy atom. The Kier molecular flexibility index (Phi) is 7.07. The molecule has 1 aliphatic rings. The van der Waals surface area contributed by atoms with Gasteiger partial charge in [-0.1, -0.05) is 11.6 Å². The Bertz CT molecular complexity index is 719. The van der Waals surface area contributed by atoms with Gasteiger partial charge in [0.15, 0.2) is 15.8 Å². The van der Waals surface area contributed by atoms with Gasteiger partial charge in [0, 0.05) is 29.7 Å². The summed E-state index contributed by atoms with van der Waals surface area (Å²) in [6.45, 7) is 3.36. The molecule has 1 aromatic carbocycles. The molecule has 1 saturated heterocycles. The molecule has 0 aromatic heterocycles. The fraction of sp³-hybridized carbons (Fsp3) is 0.500. The normalized spacial score (nSPS) is 19.4. The first kappa shape index (κ1) is 19.5. The third-order valence-electron chi connectivity index (χ3n) is 3.69. The van der Waals surface area contributed by atoms with E-state index in [4.69, 9.17) is 11.6 Å². The zero-order valence-corrected chi connectivity index (χ0v) is 15.7. The molecular formula is C16H23ClN4O3S. The number of carbonyl (C=O) groups excluding carboxylic acids is 1. The van der Waals surface area contributed by atoms with Crippen LogP contribution in [0.15, 0.2) is 29.3 Å².